The fourth-order valence-corrected chi connectivity index (χ4v) is 1.60. The third-order valence-corrected chi connectivity index (χ3v) is 2.67. The summed E-state index contributed by atoms with van der Waals surface area (Å²) in [6, 6.07) is 5.67. The van der Waals surface area contributed by atoms with Crippen LogP contribution in [0.1, 0.15) is 24.6 Å². The Morgan fingerprint density at radius 3 is 2.50 bits per heavy atom. The van der Waals surface area contributed by atoms with E-state index in [0.717, 1.165) is 18.7 Å². The molecule has 18 heavy (non-hydrogen) atoms. The average Bonchev–Trinajstić information content (AvgIpc) is 3.22. The summed E-state index contributed by atoms with van der Waals surface area (Å²) in [5.41, 5.74) is 2.49. The van der Waals surface area contributed by atoms with Crippen LogP contribution >= 0.6 is 0 Å². The van der Waals surface area contributed by atoms with Gasteiger partial charge in [-0.05, 0) is 12.8 Å². The maximum Gasteiger partial charge on any atom is 0.145 e. The van der Waals surface area contributed by atoms with E-state index in [-0.39, 0.29) is 13.1 Å². The number of nitrogens with two attached hydrogens (primary N) is 1. The Labute approximate surface area is 105 Å². The summed E-state index contributed by atoms with van der Waals surface area (Å²) in [6.45, 7) is 0.220. The van der Waals surface area contributed by atoms with Gasteiger partial charge in [0.25, 0.3) is 0 Å². The number of anilines is 2. The van der Waals surface area contributed by atoms with Crippen molar-refractivity contribution >= 4 is 11.6 Å². The second-order valence-electron chi connectivity index (χ2n) is 4.06. The molecule has 0 aromatic carbocycles. The highest BCUT2D eigenvalue weighted by atomic mass is 15.3. The topological polar surface area (TPSA) is 115 Å². The zero-order chi connectivity index (χ0) is 13.0. The number of hydrogen-bond donors (Lipinski definition) is 2. The van der Waals surface area contributed by atoms with Crippen molar-refractivity contribution in [1.82, 2.24) is 9.97 Å². The van der Waals surface area contributed by atoms with Crippen molar-refractivity contribution in [3.05, 3.63) is 11.9 Å². The summed E-state index contributed by atoms with van der Waals surface area (Å²) in [4.78, 5) is 10.3. The summed E-state index contributed by atoms with van der Waals surface area (Å²) in [7, 11) is 0. The van der Waals surface area contributed by atoms with Crippen molar-refractivity contribution in [1.29, 1.82) is 10.5 Å². The molecular weight excluding hydrogens is 230 g/mol. The van der Waals surface area contributed by atoms with Gasteiger partial charge in [-0.2, -0.15) is 10.5 Å². The molecule has 0 radical (unpaired) electrons. The van der Waals surface area contributed by atoms with Crippen molar-refractivity contribution in [3.63, 3.8) is 0 Å². The van der Waals surface area contributed by atoms with Gasteiger partial charge in [-0.1, -0.05) is 0 Å². The molecule has 1 aliphatic rings. The molecule has 7 heteroatoms. The first-order chi connectivity index (χ1) is 8.78. The second kappa shape index (κ2) is 5.30. The molecular formula is C11H13N7. The van der Waals surface area contributed by atoms with Gasteiger partial charge in [-0.25, -0.2) is 15.8 Å². The molecule has 1 aromatic heterocycles. The van der Waals surface area contributed by atoms with Crippen LogP contribution in [0.2, 0.25) is 0 Å². The fourth-order valence-electron chi connectivity index (χ4n) is 1.60. The highest BCUT2D eigenvalue weighted by molar-refractivity contribution is 5.50. The first-order valence-electron chi connectivity index (χ1n) is 5.63. The zero-order valence-electron chi connectivity index (χ0n) is 9.80. The SMILES string of the molecule is N#CCN(CC#N)c1cc(NN)nc(C2CC2)n1. The highest BCUT2D eigenvalue weighted by Crippen LogP contribution is 2.39. The summed E-state index contributed by atoms with van der Waals surface area (Å²) in [6.07, 6.45) is 2.15. The second-order valence-corrected chi connectivity index (χ2v) is 4.06. The number of aromatic nitrogens is 2. The third kappa shape index (κ3) is 2.65. The zero-order valence-corrected chi connectivity index (χ0v) is 9.80. The van der Waals surface area contributed by atoms with Gasteiger partial charge in [-0.3, -0.25) is 0 Å². The van der Waals surface area contributed by atoms with Gasteiger partial charge in [0.15, 0.2) is 0 Å². The van der Waals surface area contributed by atoms with E-state index in [2.05, 4.69) is 15.4 Å². The molecule has 0 amide bonds. The van der Waals surface area contributed by atoms with E-state index in [0.29, 0.717) is 17.6 Å². The minimum atomic E-state index is 0.110. The predicted molar refractivity (Wildman–Crippen MR) is 65.3 cm³/mol. The third-order valence-electron chi connectivity index (χ3n) is 2.67. The minimum Gasteiger partial charge on any atom is -0.330 e. The fraction of sp³-hybridized carbons (Fsp3) is 0.455. The van der Waals surface area contributed by atoms with Crippen molar-refractivity contribution < 1.29 is 0 Å². The maximum absolute atomic E-state index is 8.76. The molecule has 0 atom stereocenters. The van der Waals surface area contributed by atoms with Crippen molar-refractivity contribution in [2.75, 3.05) is 23.4 Å². The molecule has 3 N–H and O–H groups in total. The Kier molecular flexibility index (Phi) is 3.56. The molecule has 7 nitrogen and oxygen atoms in total. The number of hydrazine groups is 1. The van der Waals surface area contributed by atoms with E-state index >= 15 is 0 Å². The molecule has 1 aromatic rings. The van der Waals surface area contributed by atoms with Gasteiger partial charge >= 0.3 is 0 Å². The van der Waals surface area contributed by atoms with E-state index in [1.807, 2.05) is 12.1 Å². The van der Waals surface area contributed by atoms with Crippen LogP contribution in [0.4, 0.5) is 11.6 Å². The van der Waals surface area contributed by atoms with E-state index in [9.17, 15) is 0 Å². The first-order valence-corrected chi connectivity index (χ1v) is 5.63. The van der Waals surface area contributed by atoms with Crippen LogP contribution < -0.4 is 16.2 Å². The lowest BCUT2D eigenvalue weighted by Gasteiger charge is -2.18. The van der Waals surface area contributed by atoms with Crippen LogP contribution in [-0.4, -0.2) is 23.1 Å². The Hall–Kier alpha value is -2.38. The summed E-state index contributed by atoms with van der Waals surface area (Å²) in [5.74, 6) is 7.53. The number of nitrogens with zero attached hydrogens (tertiary/aromatic N) is 5. The normalized spacial score (nSPS) is 13.5. The molecule has 2 rings (SSSR count). The quantitative estimate of drug-likeness (QED) is 0.439. The number of nitrogens with one attached hydrogen (secondary N) is 1. The minimum absolute atomic E-state index is 0.110. The highest BCUT2D eigenvalue weighted by Gasteiger charge is 2.28. The lowest BCUT2D eigenvalue weighted by atomic mass is 10.3. The largest absolute Gasteiger partial charge is 0.330 e. The van der Waals surface area contributed by atoms with Gasteiger partial charge in [0.1, 0.15) is 30.5 Å². The number of nitriles is 2. The molecule has 0 saturated heterocycles. The lowest BCUT2D eigenvalue weighted by Crippen LogP contribution is -2.26. The van der Waals surface area contributed by atoms with E-state index in [4.69, 9.17) is 16.4 Å². The number of rotatable bonds is 5. The molecule has 1 heterocycles. The monoisotopic (exact) mass is 243 g/mol. The van der Waals surface area contributed by atoms with Crippen molar-refractivity contribution in [2.45, 2.75) is 18.8 Å². The number of hydrogen-bond acceptors (Lipinski definition) is 7. The molecule has 0 bridgehead atoms. The smallest absolute Gasteiger partial charge is 0.145 e. The Bertz CT molecular complexity index is 493. The molecule has 0 aliphatic heterocycles. The molecule has 1 saturated carbocycles. The van der Waals surface area contributed by atoms with Gasteiger partial charge in [0.05, 0.1) is 12.1 Å². The Morgan fingerprint density at radius 1 is 1.33 bits per heavy atom. The number of nitrogen functional groups attached to an aromatic ring is 1. The Balaban J connectivity index is 2.32. The van der Waals surface area contributed by atoms with Gasteiger partial charge in [0.2, 0.25) is 0 Å². The summed E-state index contributed by atoms with van der Waals surface area (Å²) < 4.78 is 0. The van der Waals surface area contributed by atoms with Crippen LogP contribution in [0.3, 0.4) is 0 Å². The predicted octanol–water partition coefficient (Wildman–Crippen LogP) is 0.493. The van der Waals surface area contributed by atoms with Crippen LogP contribution in [-0.2, 0) is 0 Å². The first kappa shape index (κ1) is 12.1. The Morgan fingerprint density at radius 2 is 2.00 bits per heavy atom. The maximum atomic E-state index is 8.76. The van der Waals surface area contributed by atoms with Gasteiger partial charge in [0, 0.05) is 12.0 Å². The van der Waals surface area contributed by atoms with Crippen LogP contribution in [0, 0.1) is 22.7 Å². The van der Waals surface area contributed by atoms with E-state index < -0.39 is 0 Å². The molecule has 92 valence electrons. The van der Waals surface area contributed by atoms with Gasteiger partial charge in [-0.15, -0.1) is 0 Å². The summed E-state index contributed by atoms with van der Waals surface area (Å²) >= 11 is 0. The average molecular weight is 243 g/mol. The van der Waals surface area contributed by atoms with Crippen LogP contribution in [0.15, 0.2) is 6.07 Å². The molecule has 0 unspecified atom stereocenters. The van der Waals surface area contributed by atoms with E-state index in [1.54, 1.807) is 11.0 Å². The van der Waals surface area contributed by atoms with E-state index in [1.165, 1.54) is 0 Å². The molecule has 0 spiro atoms. The van der Waals surface area contributed by atoms with Crippen LogP contribution in [0.25, 0.3) is 0 Å². The summed E-state index contributed by atoms with van der Waals surface area (Å²) in [5, 5.41) is 17.5. The molecule has 1 fully saturated rings. The van der Waals surface area contributed by atoms with Gasteiger partial charge < -0.3 is 10.3 Å². The van der Waals surface area contributed by atoms with Crippen molar-refractivity contribution in [3.8, 4) is 12.1 Å². The standard InChI is InChI=1S/C11H13N7/c12-3-5-18(6-4-13)10-7-9(17-14)15-11(16-10)8-1-2-8/h7-8H,1-2,5-6,14H2,(H,15,16,17). The lowest BCUT2D eigenvalue weighted by molar-refractivity contribution is 0.872. The molecule has 1 aliphatic carbocycles. The van der Waals surface area contributed by atoms with Crippen LogP contribution in [0.5, 0.6) is 0 Å². The van der Waals surface area contributed by atoms with Crippen molar-refractivity contribution in [2.24, 2.45) is 5.84 Å².